The Balaban J connectivity index is 1.82. The van der Waals surface area contributed by atoms with Crippen LogP contribution in [0.3, 0.4) is 0 Å². The third-order valence-corrected chi connectivity index (χ3v) is 9.28. The first-order chi connectivity index (χ1) is 19.6. The number of carboxylic acid groups (broad SMARTS) is 1. The lowest BCUT2D eigenvalue weighted by atomic mass is 9.86. The molecule has 0 bridgehead atoms. The summed E-state index contributed by atoms with van der Waals surface area (Å²) in [4.78, 5) is 14.5. The summed E-state index contributed by atoms with van der Waals surface area (Å²) in [6, 6.07) is 11.0. The fraction of sp³-hybridized carbons (Fsp3) is 0.321. The monoisotopic (exact) mass is 696 g/mol. The number of hydrogen-bond donors (Lipinski definition) is 2. The molecule has 2 aromatic carbocycles. The minimum Gasteiger partial charge on any atom is -0.480 e. The molecule has 224 valence electrons. The number of nitrogens with zero attached hydrogens (tertiary/aromatic N) is 5. The zero-order valence-electron chi connectivity index (χ0n) is 23.6. The third-order valence-electron chi connectivity index (χ3n) is 6.44. The predicted molar refractivity (Wildman–Crippen MR) is 171 cm³/mol. The first-order valence-corrected chi connectivity index (χ1v) is 15.8. The third kappa shape index (κ3) is 6.84. The maximum atomic E-state index is 14.1. The van der Waals surface area contributed by atoms with Crippen LogP contribution < -0.4 is 9.62 Å². The second kappa shape index (κ2) is 12.4. The van der Waals surface area contributed by atoms with Crippen molar-refractivity contribution in [3.8, 4) is 5.82 Å². The van der Waals surface area contributed by atoms with E-state index in [1.165, 1.54) is 18.2 Å². The molecule has 14 heteroatoms. The van der Waals surface area contributed by atoms with Gasteiger partial charge in [0.2, 0.25) is 0 Å². The predicted octanol–water partition coefficient (Wildman–Crippen LogP) is 6.16. The fourth-order valence-corrected chi connectivity index (χ4v) is 7.53. The van der Waals surface area contributed by atoms with Crippen molar-refractivity contribution in [1.29, 1.82) is 0 Å². The number of benzene rings is 2. The molecule has 10 nitrogen and oxygen atoms in total. The van der Waals surface area contributed by atoms with Crippen molar-refractivity contribution in [2.45, 2.75) is 31.7 Å². The molecule has 0 aliphatic heterocycles. The van der Waals surface area contributed by atoms with E-state index in [1.54, 1.807) is 45.2 Å². The molecular formula is C28H31BrCl2N6O4S. The van der Waals surface area contributed by atoms with E-state index < -0.39 is 27.4 Å². The largest absolute Gasteiger partial charge is 0.480 e. The van der Waals surface area contributed by atoms with Crippen molar-refractivity contribution >= 4 is 77.5 Å². The normalized spacial score (nSPS) is 13.0. The van der Waals surface area contributed by atoms with E-state index in [0.717, 1.165) is 10.8 Å². The summed E-state index contributed by atoms with van der Waals surface area (Å²) in [5.74, 6) is -0.111. The van der Waals surface area contributed by atoms with Crippen LogP contribution in [0.5, 0.6) is 0 Å². The molecule has 4 rings (SSSR count). The van der Waals surface area contributed by atoms with Crippen molar-refractivity contribution in [2.24, 2.45) is 5.41 Å². The maximum absolute atomic E-state index is 14.1. The maximum Gasteiger partial charge on any atom is 0.328 e. The van der Waals surface area contributed by atoms with Gasteiger partial charge in [0.05, 0.1) is 16.1 Å². The molecule has 2 N–H and O–H groups in total. The number of nitrogens with one attached hydrogen (secondary N) is 1. The average molecular weight is 698 g/mol. The first-order valence-electron chi connectivity index (χ1n) is 12.9. The Labute approximate surface area is 263 Å². The van der Waals surface area contributed by atoms with Gasteiger partial charge in [0, 0.05) is 39.2 Å². The number of halogens is 3. The Bertz CT molecular complexity index is 1700. The van der Waals surface area contributed by atoms with Crippen molar-refractivity contribution in [3.63, 3.8) is 0 Å². The summed E-state index contributed by atoms with van der Waals surface area (Å²) < 4.78 is 31.6. The smallest absolute Gasteiger partial charge is 0.328 e. The lowest BCUT2D eigenvalue weighted by molar-refractivity contribution is -0.140. The van der Waals surface area contributed by atoms with Crippen LogP contribution in [0, 0.1) is 5.41 Å². The van der Waals surface area contributed by atoms with Crippen molar-refractivity contribution in [3.05, 3.63) is 69.2 Å². The minimum atomic E-state index is -4.44. The summed E-state index contributed by atoms with van der Waals surface area (Å²) in [6.07, 6.45) is 1.80. The van der Waals surface area contributed by atoms with E-state index in [1.807, 2.05) is 30.8 Å². The number of carbonyl (C=O) groups is 1. The standard InChI is InChI=1S/C28H31BrCl2N6O4S/c1-28(2,3)26(27(38)39)37(42(40,41)20-13-17(30)12-18(31)14-20)19-6-7-23-21(15-19)22(29)16-36(23)25-9-8-24(33-34-25)32-10-11-35(4)5/h6-9,12-16,26H,10-11H2,1-5H3,(H,32,33)(H,38,39). The van der Waals surface area contributed by atoms with Crippen molar-refractivity contribution in [1.82, 2.24) is 19.7 Å². The SMILES string of the molecule is CN(C)CCNc1ccc(-n2cc(Br)c3cc(N(C(C(=O)O)C(C)(C)C)S(=O)(=O)c4cc(Cl)cc(Cl)c4)ccc32)nn1. The highest BCUT2D eigenvalue weighted by atomic mass is 79.9. The lowest BCUT2D eigenvalue weighted by Crippen LogP contribution is -2.52. The molecule has 0 spiro atoms. The van der Waals surface area contributed by atoms with Gasteiger partial charge < -0.3 is 15.3 Å². The Morgan fingerprint density at radius 3 is 2.29 bits per heavy atom. The summed E-state index contributed by atoms with van der Waals surface area (Å²) in [5, 5.41) is 23.0. The molecule has 0 amide bonds. The molecule has 0 saturated carbocycles. The van der Waals surface area contributed by atoms with Crippen LogP contribution in [0.4, 0.5) is 11.5 Å². The van der Waals surface area contributed by atoms with Gasteiger partial charge in [0.1, 0.15) is 11.9 Å². The van der Waals surface area contributed by atoms with E-state index >= 15 is 0 Å². The lowest BCUT2D eigenvalue weighted by Gasteiger charge is -2.37. The quantitative estimate of drug-likeness (QED) is 0.202. The van der Waals surface area contributed by atoms with Crippen LogP contribution in [-0.4, -0.2) is 72.4 Å². The number of anilines is 2. The van der Waals surface area contributed by atoms with E-state index in [9.17, 15) is 18.3 Å². The number of hydrogen-bond acceptors (Lipinski definition) is 7. The van der Waals surface area contributed by atoms with Gasteiger partial charge in [0.15, 0.2) is 5.82 Å². The van der Waals surface area contributed by atoms with Crippen LogP contribution in [-0.2, 0) is 14.8 Å². The van der Waals surface area contributed by atoms with Gasteiger partial charge in [-0.2, -0.15) is 0 Å². The van der Waals surface area contributed by atoms with Crippen LogP contribution in [0.15, 0.2) is 64.1 Å². The van der Waals surface area contributed by atoms with Crippen molar-refractivity contribution in [2.75, 3.05) is 36.8 Å². The molecule has 1 unspecified atom stereocenters. The average Bonchev–Trinajstić information content (AvgIpc) is 3.21. The topological polar surface area (TPSA) is 121 Å². The summed E-state index contributed by atoms with van der Waals surface area (Å²) in [5.41, 5.74) is -0.123. The zero-order valence-corrected chi connectivity index (χ0v) is 27.6. The Morgan fingerprint density at radius 2 is 1.74 bits per heavy atom. The van der Waals surface area contributed by atoms with Crippen LogP contribution in [0.1, 0.15) is 20.8 Å². The number of carboxylic acids is 1. The number of rotatable bonds is 10. The molecule has 0 fully saturated rings. The summed E-state index contributed by atoms with van der Waals surface area (Å²) in [7, 11) is -0.463. The molecule has 0 aliphatic carbocycles. The van der Waals surface area contributed by atoms with Gasteiger partial charge in [0.25, 0.3) is 10.0 Å². The summed E-state index contributed by atoms with van der Waals surface area (Å²) in [6.45, 7) is 6.57. The Hall–Kier alpha value is -2.90. The second-order valence-corrected chi connectivity index (χ2v) is 14.6. The molecule has 1 atom stereocenters. The van der Waals surface area contributed by atoms with Crippen LogP contribution in [0.25, 0.3) is 16.7 Å². The van der Waals surface area contributed by atoms with Crippen LogP contribution in [0.2, 0.25) is 10.0 Å². The summed E-state index contributed by atoms with van der Waals surface area (Å²) >= 11 is 15.8. The molecule has 2 heterocycles. The number of sulfonamides is 1. The van der Waals surface area contributed by atoms with Gasteiger partial charge >= 0.3 is 5.97 Å². The molecule has 0 saturated heterocycles. The molecule has 0 radical (unpaired) electrons. The van der Waals surface area contributed by atoms with E-state index in [2.05, 4.69) is 36.3 Å². The molecule has 42 heavy (non-hydrogen) atoms. The van der Waals surface area contributed by atoms with Gasteiger partial charge in [-0.1, -0.05) is 44.0 Å². The van der Waals surface area contributed by atoms with E-state index in [4.69, 9.17) is 23.2 Å². The second-order valence-electron chi connectivity index (χ2n) is 11.1. The number of aliphatic carboxylic acids is 1. The molecule has 4 aromatic rings. The fourth-order valence-electron chi connectivity index (χ4n) is 4.50. The number of likely N-dealkylation sites (N-methyl/N-ethyl adjacent to an activating group) is 1. The van der Waals surface area contributed by atoms with Crippen LogP contribution >= 0.6 is 39.1 Å². The van der Waals surface area contributed by atoms with Crippen molar-refractivity contribution < 1.29 is 18.3 Å². The Kier molecular flexibility index (Phi) is 9.43. The van der Waals surface area contributed by atoms with E-state index in [-0.39, 0.29) is 20.6 Å². The number of aromatic nitrogens is 3. The first kappa shape index (κ1) is 32.0. The van der Waals surface area contributed by atoms with Gasteiger partial charge in [-0.3, -0.25) is 8.87 Å². The number of fused-ring (bicyclic) bond motifs is 1. The highest BCUT2D eigenvalue weighted by molar-refractivity contribution is 9.10. The highest BCUT2D eigenvalue weighted by Gasteiger charge is 2.43. The van der Waals surface area contributed by atoms with Gasteiger partial charge in [-0.05, 0) is 84.0 Å². The molecule has 2 aromatic heterocycles. The molecular weight excluding hydrogens is 667 g/mol. The highest BCUT2D eigenvalue weighted by Crippen LogP contribution is 2.39. The van der Waals surface area contributed by atoms with Gasteiger partial charge in [-0.25, -0.2) is 13.2 Å². The zero-order chi connectivity index (χ0) is 31.0. The Morgan fingerprint density at radius 1 is 1.07 bits per heavy atom. The van der Waals surface area contributed by atoms with Gasteiger partial charge in [-0.15, -0.1) is 10.2 Å². The van der Waals surface area contributed by atoms with E-state index in [0.29, 0.717) is 33.6 Å². The molecule has 0 aliphatic rings. The minimum absolute atomic E-state index is 0.110.